The molecule has 0 fully saturated rings. The van der Waals surface area contributed by atoms with Crippen molar-refractivity contribution < 1.29 is 9.90 Å². The van der Waals surface area contributed by atoms with Crippen LogP contribution in [0.5, 0.6) is 0 Å². The molecule has 0 saturated heterocycles. The minimum atomic E-state index is -0.867. The van der Waals surface area contributed by atoms with E-state index in [1.54, 1.807) is 0 Å². The third kappa shape index (κ3) is 2.87. The summed E-state index contributed by atoms with van der Waals surface area (Å²) >= 11 is 0. The van der Waals surface area contributed by atoms with Gasteiger partial charge in [-0.25, -0.2) is 0 Å². The summed E-state index contributed by atoms with van der Waals surface area (Å²) in [6.45, 7) is -0.0758. The van der Waals surface area contributed by atoms with Crippen molar-refractivity contribution >= 4 is 22.4 Å². The van der Waals surface area contributed by atoms with Crippen molar-refractivity contribution in [2.75, 3.05) is 11.9 Å². The Morgan fingerprint density at radius 2 is 1.62 bits per heavy atom. The van der Waals surface area contributed by atoms with E-state index in [9.17, 15) is 4.79 Å². The smallest absolute Gasteiger partial charge is 0.322 e. The summed E-state index contributed by atoms with van der Waals surface area (Å²) in [6, 6.07) is 22.3. The van der Waals surface area contributed by atoms with Gasteiger partial charge in [-0.05, 0) is 34.0 Å². The zero-order valence-corrected chi connectivity index (χ0v) is 11.4. The van der Waals surface area contributed by atoms with Gasteiger partial charge in [0.2, 0.25) is 0 Å². The maximum absolute atomic E-state index is 10.5. The van der Waals surface area contributed by atoms with Crippen LogP contribution in [0.3, 0.4) is 0 Å². The van der Waals surface area contributed by atoms with E-state index in [2.05, 4.69) is 29.6 Å². The van der Waals surface area contributed by atoms with Gasteiger partial charge in [-0.1, -0.05) is 54.6 Å². The lowest BCUT2D eigenvalue weighted by atomic mass is 9.98. The van der Waals surface area contributed by atoms with E-state index in [-0.39, 0.29) is 6.54 Å². The number of hydrogen-bond acceptors (Lipinski definition) is 2. The molecule has 3 aromatic rings. The number of anilines is 1. The van der Waals surface area contributed by atoms with Crippen LogP contribution in [0.1, 0.15) is 0 Å². The quantitative estimate of drug-likeness (QED) is 0.757. The lowest BCUT2D eigenvalue weighted by Gasteiger charge is -2.08. The highest BCUT2D eigenvalue weighted by atomic mass is 16.4. The van der Waals surface area contributed by atoms with Gasteiger partial charge >= 0.3 is 5.97 Å². The number of carbonyl (C=O) groups is 1. The first-order chi connectivity index (χ1) is 10.2. The van der Waals surface area contributed by atoms with Gasteiger partial charge in [0.25, 0.3) is 0 Å². The Labute approximate surface area is 122 Å². The Morgan fingerprint density at radius 3 is 2.38 bits per heavy atom. The van der Waals surface area contributed by atoms with Crippen molar-refractivity contribution in [2.24, 2.45) is 0 Å². The first-order valence-corrected chi connectivity index (χ1v) is 6.78. The second-order valence-electron chi connectivity index (χ2n) is 4.85. The van der Waals surface area contributed by atoms with Crippen LogP contribution in [-0.2, 0) is 4.79 Å². The standard InChI is InChI=1S/C18H15NO2/c20-18(21)12-19-15-10-8-14(9-11-15)17-7-3-5-13-4-1-2-6-16(13)17/h1-11,19H,12H2,(H,20,21). The molecule has 104 valence electrons. The summed E-state index contributed by atoms with van der Waals surface area (Å²) < 4.78 is 0. The number of nitrogens with one attached hydrogen (secondary N) is 1. The van der Waals surface area contributed by atoms with Crippen molar-refractivity contribution in [2.45, 2.75) is 0 Å². The molecule has 0 aromatic heterocycles. The Morgan fingerprint density at radius 1 is 0.905 bits per heavy atom. The second-order valence-corrected chi connectivity index (χ2v) is 4.85. The van der Waals surface area contributed by atoms with Crippen LogP contribution < -0.4 is 5.32 Å². The molecule has 3 nitrogen and oxygen atoms in total. The molecule has 0 heterocycles. The minimum Gasteiger partial charge on any atom is -0.480 e. The van der Waals surface area contributed by atoms with Crippen LogP contribution in [0.25, 0.3) is 21.9 Å². The Kier molecular flexibility index (Phi) is 3.56. The lowest BCUT2D eigenvalue weighted by Crippen LogP contribution is -2.11. The molecule has 0 unspecified atom stereocenters. The molecular weight excluding hydrogens is 262 g/mol. The highest BCUT2D eigenvalue weighted by molar-refractivity contribution is 5.96. The molecule has 0 bridgehead atoms. The largest absolute Gasteiger partial charge is 0.480 e. The molecule has 0 radical (unpaired) electrons. The van der Waals surface area contributed by atoms with E-state index in [0.29, 0.717) is 0 Å². The monoisotopic (exact) mass is 277 g/mol. The molecule has 2 N–H and O–H groups in total. The van der Waals surface area contributed by atoms with Gasteiger partial charge in [0.15, 0.2) is 0 Å². The van der Waals surface area contributed by atoms with Crippen molar-refractivity contribution in [1.82, 2.24) is 0 Å². The van der Waals surface area contributed by atoms with Crippen LogP contribution in [0.2, 0.25) is 0 Å². The molecular formula is C18H15NO2. The van der Waals surface area contributed by atoms with Gasteiger partial charge in [-0.2, -0.15) is 0 Å². The van der Waals surface area contributed by atoms with Gasteiger partial charge < -0.3 is 10.4 Å². The number of rotatable bonds is 4. The van der Waals surface area contributed by atoms with E-state index >= 15 is 0 Å². The molecule has 0 atom stereocenters. The molecule has 0 saturated carbocycles. The molecule has 3 heteroatoms. The van der Waals surface area contributed by atoms with E-state index in [0.717, 1.165) is 11.3 Å². The summed E-state index contributed by atoms with van der Waals surface area (Å²) in [4.78, 5) is 10.5. The predicted molar refractivity (Wildman–Crippen MR) is 85.5 cm³/mol. The van der Waals surface area contributed by atoms with E-state index in [1.165, 1.54) is 16.3 Å². The molecule has 3 aromatic carbocycles. The van der Waals surface area contributed by atoms with Crippen LogP contribution in [-0.4, -0.2) is 17.6 Å². The van der Waals surface area contributed by atoms with Crippen LogP contribution in [0.15, 0.2) is 66.7 Å². The molecule has 0 amide bonds. The summed E-state index contributed by atoms with van der Waals surface area (Å²) in [6.07, 6.45) is 0. The Bertz CT molecular complexity index is 773. The Hall–Kier alpha value is -2.81. The van der Waals surface area contributed by atoms with Crippen molar-refractivity contribution in [3.05, 3.63) is 66.7 Å². The van der Waals surface area contributed by atoms with Gasteiger partial charge in [0.05, 0.1) is 0 Å². The van der Waals surface area contributed by atoms with Gasteiger partial charge in [-0.3, -0.25) is 4.79 Å². The zero-order valence-electron chi connectivity index (χ0n) is 11.4. The lowest BCUT2D eigenvalue weighted by molar-refractivity contribution is -0.134. The van der Waals surface area contributed by atoms with E-state index < -0.39 is 5.97 Å². The minimum absolute atomic E-state index is 0.0758. The summed E-state index contributed by atoms with van der Waals surface area (Å²) in [5, 5.41) is 13.9. The number of benzene rings is 3. The zero-order chi connectivity index (χ0) is 14.7. The molecule has 0 aliphatic rings. The fraction of sp³-hybridized carbons (Fsp3) is 0.0556. The van der Waals surface area contributed by atoms with Gasteiger partial charge in [0.1, 0.15) is 6.54 Å². The van der Waals surface area contributed by atoms with Crippen LogP contribution >= 0.6 is 0 Å². The summed E-state index contributed by atoms with van der Waals surface area (Å²) in [5.41, 5.74) is 3.10. The number of carboxylic acids is 1. The third-order valence-electron chi connectivity index (χ3n) is 3.43. The first kappa shape index (κ1) is 13.2. The van der Waals surface area contributed by atoms with Crippen LogP contribution in [0, 0.1) is 0 Å². The average Bonchev–Trinajstić information content (AvgIpc) is 2.53. The third-order valence-corrected chi connectivity index (χ3v) is 3.43. The molecule has 0 spiro atoms. The second kappa shape index (κ2) is 5.67. The average molecular weight is 277 g/mol. The SMILES string of the molecule is O=C(O)CNc1ccc(-c2cccc3ccccc23)cc1. The van der Waals surface area contributed by atoms with Crippen molar-refractivity contribution in [3.8, 4) is 11.1 Å². The normalized spacial score (nSPS) is 10.5. The maximum atomic E-state index is 10.5. The summed E-state index contributed by atoms with van der Waals surface area (Å²) in [7, 11) is 0. The first-order valence-electron chi connectivity index (χ1n) is 6.78. The number of fused-ring (bicyclic) bond motifs is 1. The van der Waals surface area contributed by atoms with Crippen molar-refractivity contribution in [1.29, 1.82) is 0 Å². The molecule has 0 aliphatic carbocycles. The van der Waals surface area contributed by atoms with Crippen LogP contribution in [0.4, 0.5) is 5.69 Å². The highest BCUT2D eigenvalue weighted by Crippen LogP contribution is 2.29. The molecule has 3 rings (SSSR count). The topological polar surface area (TPSA) is 49.3 Å². The summed E-state index contributed by atoms with van der Waals surface area (Å²) in [5.74, 6) is -0.867. The van der Waals surface area contributed by atoms with Gasteiger partial charge in [-0.15, -0.1) is 0 Å². The molecule has 0 aliphatic heterocycles. The van der Waals surface area contributed by atoms with E-state index in [4.69, 9.17) is 5.11 Å². The fourth-order valence-corrected chi connectivity index (χ4v) is 2.42. The highest BCUT2D eigenvalue weighted by Gasteiger charge is 2.03. The van der Waals surface area contributed by atoms with Crippen molar-refractivity contribution in [3.63, 3.8) is 0 Å². The fourth-order valence-electron chi connectivity index (χ4n) is 2.42. The molecule has 21 heavy (non-hydrogen) atoms. The number of aliphatic carboxylic acids is 1. The number of carboxylic acid groups (broad SMARTS) is 1. The number of hydrogen-bond donors (Lipinski definition) is 2. The Balaban J connectivity index is 1.94. The van der Waals surface area contributed by atoms with Gasteiger partial charge in [0, 0.05) is 5.69 Å². The van der Waals surface area contributed by atoms with E-state index in [1.807, 2.05) is 42.5 Å². The predicted octanol–water partition coefficient (Wildman–Crippen LogP) is 4.00. The maximum Gasteiger partial charge on any atom is 0.322 e.